The Morgan fingerprint density at radius 3 is 2.71 bits per heavy atom. The lowest BCUT2D eigenvalue weighted by molar-refractivity contribution is -0.123. The van der Waals surface area contributed by atoms with Gasteiger partial charge in [0.1, 0.15) is 0 Å². The molecule has 0 bridgehead atoms. The van der Waals surface area contributed by atoms with E-state index in [9.17, 15) is 9.59 Å². The quantitative estimate of drug-likeness (QED) is 0.647. The molecule has 0 unspecified atom stereocenters. The summed E-state index contributed by atoms with van der Waals surface area (Å²) in [6.45, 7) is -0.0478. The summed E-state index contributed by atoms with van der Waals surface area (Å²) in [5.41, 5.74) is 2.08. The van der Waals surface area contributed by atoms with Crippen LogP contribution in [0.5, 0.6) is 0 Å². The molecule has 0 spiro atoms. The summed E-state index contributed by atoms with van der Waals surface area (Å²) in [6.07, 6.45) is 5.88. The van der Waals surface area contributed by atoms with E-state index in [0.717, 1.165) is 41.3 Å². The van der Waals surface area contributed by atoms with Crippen LogP contribution in [0, 0.1) is 0 Å². The Morgan fingerprint density at radius 2 is 1.79 bits per heavy atom. The normalized spacial score (nSPS) is 13.6. The molecule has 5 nitrogen and oxygen atoms in total. The van der Waals surface area contributed by atoms with E-state index in [1.165, 1.54) is 17.7 Å². The number of fused-ring (bicyclic) bond motifs is 2. The lowest BCUT2D eigenvalue weighted by Crippen LogP contribution is -2.33. The van der Waals surface area contributed by atoms with Crippen molar-refractivity contribution < 1.29 is 9.59 Å². The average molecular weight is 394 g/mol. The van der Waals surface area contributed by atoms with E-state index in [0.29, 0.717) is 5.13 Å². The maximum atomic E-state index is 12.3. The first-order valence-electron chi connectivity index (χ1n) is 9.71. The van der Waals surface area contributed by atoms with Crippen molar-refractivity contribution >= 4 is 39.1 Å². The molecule has 144 valence electrons. The number of aryl methyl sites for hydroxylation is 2. The molecule has 0 saturated heterocycles. The van der Waals surface area contributed by atoms with E-state index in [2.05, 4.69) is 15.6 Å². The van der Waals surface area contributed by atoms with Crippen LogP contribution in [-0.2, 0) is 28.9 Å². The first-order valence-corrected chi connectivity index (χ1v) is 10.5. The molecule has 1 heterocycles. The van der Waals surface area contributed by atoms with Gasteiger partial charge in [-0.3, -0.25) is 9.59 Å². The summed E-state index contributed by atoms with van der Waals surface area (Å²) in [6, 6.07) is 13.9. The fourth-order valence-corrected chi connectivity index (χ4v) is 4.67. The van der Waals surface area contributed by atoms with Gasteiger partial charge in [0.2, 0.25) is 11.8 Å². The monoisotopic (exact) mass is 393 g/mol. The van der Waals surface area contributed by atoms with Crippen LogP contribution < -0.4 is 10.6 Å². The van der Waals surface area contributed by atoms with Crippen LogP contribution in [0.25, 0.3) is 10.8 Å². The molecule has 2 amide bonds. The van der Waals surface area contributed by atoms with Crippen LogP contribution in [0.3, 0.4) is 0 Å². The number of aromatic nitrogens is 1. The van der Waals surface area contributed by atoms with Crippen LogP contribution in [0.4, 0.5) is 5.13 Å². The highest BCUT2D eigenvalue weighted by molar-refractivity contribution is 7.15. The van der Waals surface area contributed by atoms with Gasteiger partial charge in [0.25, 0.3) is 0 Å². The summed E-state index contributed by atoms with van der Waals surface area (Å²) in [7, 11) is 0. The van der Waals surface area contributed by atoms with E-state index in [1.54, 1.807) is 11.3 Å². The minimum Gasteiger partial charge on any atom is -0.347 e. The molecule has 28 heavy (non-hydrogen) atoms. The van der Waals surface area contributed by atoms with Gasteiger partial charge in [0.05, 0.1) is 18.7 Å². The Morgan fingerprint density at radius 1 is 0.964 bits per heavy atom. The molecular weight excluding hydrogens is 370 g/mol. The zero-order valence-electron chi connectivity index (χ0n) is 15.7. The zero-order valence-corrected chi connectivity index (χ0v) is 16.5. The predicted molar refractivity (Wildman–Crippen MR) is 113 cm³/mol. The number of amides is 2. The lowest BCUT2D eigenvalue weighted by Gasteiger charge is -2.08. The van der Waals surface area contributed by atoms with Crippen LogP contribution >= 0.6 is 11.3 Å². The third-order valence-corrected chi connectivity index (χ3v) is 6.09. The third-order valence-electron chi connectivity index (χ3n) is 5.02. The first-order chi connectivity index (χ1) is 13.7. The molecule has 6 heteroatoms. The molecule has 3 aromatic rings. The zero-order chi connectivity index (χ0) is 19.3. The van der Waals surface area contributed by atoms with Crippen molar-refractivity contribution in [2.75, 3.05) is 11.9 Å². The highest BCUT2D eigenvalue weighted by Gasteiger charge is 2.16. The van der Waals surface area contributed by atoms with Crippen molar-refractivity contribution in [3.8, 4) is 0 Å². The number of hydrogen-bond donors (Lipinski definition) is 2. The Labute approximate surface area is 168 Å². The maximum absolute atomic E-state index is 12.3. The van der Waals surface area contributed by atoms with Crippen LogP contribution in [0.2, 0.25) is 0 Å². The molecule has 4 rings (SSSR count). The number of nitrogens with one attached hydrogen (secondary N) is 2. The van der Waals surface area contributed by atoms with Gasteiger partial charge in [-0.2, -0.15) is 0 Å². The second-order valence-corrected chi connectivity index (χ2v) is 8.17. The number of benzene rings is 2. The van der Waals surface area contributed by atoms with Gasteiger partial charge in [0, 0.05) is 4.88 Å². The fourth-order valence-electron chi connectivity index (χ4n) is 3.61. The van der Waals surface area contributed by atoms with Gasteiger partial charge < -0.3 is 10.6 Å². The Bertz CT molecular complexity index is 983. The van der Waals surface area contributed by atoms with E-state index in [1.807, 2.05) is 42.5 Å². The van der Waals surface area contributed by atoms with Gasteiger partial charge in [-0.05, 0) is 42.0 Å². The molecule has 0 atom stereocenters. The summed E-state index contributed by atoms with van der Waals surface area (Å²) in [5.74, 6) is -0.406. The van der Waals surface area contributed by atoms with Crippen molar-refractivity contribution in [2.24, 2.45) is 0 Å². The molecule has 0 aliphatic heterocycles. The molecule has 0 radical (unpaired) electrons. The highest BCUT2D eigenvalue weighted by atomic mass is 32.1. The summed E-state index contributed by atoms with van der Waals surface area (Å²) in [4.78, 5) is 30.3. The van der Waals surface area contributed by atoms with E-state index >= 15 is 0 Å². The lowest BCUT2D eigenvalue weighted by atomic mass is 10.0. The third kappa shape index (κ3) is 4.39. The van der Waals surface area contributed by atoms with Crippen LogP contribution in [0.15, 0.2) is 42.5 Å². The maximum Gasteiger partial charge on any atom is 0.245 e. The van der Waals surface area contributed by atoms with Gasteiger partial charge >= 0.3 is 0 Å². The molecule has 0 saturated carbocycles. The number of carbonyl (C=O) groups excluding carboxylic acids is 2. The molecular formula is C22H23N3O2S. The number of carbonyl (C=O) groups is 2. The number of thiazole rings is 1. The predicted octanol–water partition coefficient (Wildman–Crippen LogP) is 3.86. The molecule has 0 fully saturated rings. The minimum atomic E-state index is -0.241. The van der Waals surface area contributed by atoms with Crippen LogP contribution in [-0.4, -0.2) is 23.3 Å². The minimum absolute atomic E-state index is 0.0478. The molecule has 2 aromatic carbocycles. The molecule has 1 aliphatic carbocycles. The van der Waals surface area contributed by atoms with Crippen molar-refractivity contribution in [3.63, 3.8) is 0 Å². The van der Waals surface area contributed by atoms with Gasteiger partial charge in [-0.1, -0.05) is 48.9 Å². The van der Waals surface area contributed by atoms with Crippen LogP contribution in [0.1, 0.15) is 35.4 Å². The summed E-state index contributed by atoms with van der Waals surface area (Å²) >= 11 is 1.56. The van der Waals surface area contributed by atoms with Crippen molar-refractivity contribution in [1.29, 1.82) is 0 Å². The Hall–Kier alpha value is -2.73. The van der Waals surface area contributed by atoms with E-state index < -0.39 is 0 Å². The second-order valence-electron chi connectivity index (χ2n) is 7.09. The standard InChI is InChI=1S/C22H23N3O2S/c26-20(13-16-9-6-8-15-7-4-5-10-17(15)16)23-14-21(27)25-22-24-18-11-2-1-3-12-19(18)28-22/h4-10H,1-3,11-14H2,(H,23,26)(H,24,25,27). The average Bonchev–Trinajstić information content (AvgIpc) is 2.94. The van der Waals surface area contributed by atoms with Gasteiger partial charge in [-0.15, -0.1) is 11.3 Å². The fraction of sp³-hybridized carbons (Fsp3) is 0.318. The number of hydrogen-bond acceptors (Lipinski definition) is 4. The number of nitrogens with zero attached hydrogens (tertiary/aromatic N) is 1. The highest BCUT2D eigenvalue weighted by Crippen LogP contribution is 2.28. The SMILES string of the molecule is O=C(Cc1cccc2ccccc12)NCC(=O)Nc1nc2c(s1)CCCCC2. The Kier molecular flexibility index (Phi) is 5.67. The largest absolute Gasteiger partial charge is 0.347 e. The van der Waals surface area contributed by atoms with Crippen molar-refractivity contribution in [3.05, 3.63) is 58.6 Å². The molecule has 1 aromatic heterocycles. The molecule has 2 N–H and O–H groups in total. The van der Waals surface area contributed by atoms with Gasteiger partial charge in [-0.25, -0.2) is 4.98 Å². The molecule has 1 aliphatic rings. The van der Waals surface area contributed by atoms with Gasteiger partial charge in [0.15, 0.2) is 5.13 Å². The smallest absolute Gasteiger partial charge is 0.245 e. The van der Waals surface area contributed by atoms with Crippen molar-refractivity contribution in [2.45, 2.75) is 38.5 Å². The number of anilines is 1. The topological polar surface area (TPSA) is 71.1 Å². The van der Waals surface area contributed by atoms with E-state index in [4.69, 9.17) is 0 Å². The number of rotatable bonds is 5. The summed E-state index contributed by atoms with van der Waals surface area (Å²) in [5, 5.41) is 8.34. The van der Waals surface area contributed by atoms with Crippen molar-refractivity contribution in [1.82, 2.24) is 10.3 Å². The first kappa shape index (κ1) is 18.6. The second kappa shape index (κ2) is 8.52. The van der Waals surface area contributed by atoms with E-state index in [-0.39, 0.29) is 24.8 Å². The summed E-state index contributed by atoms with van der Waals surface area (Å²) < 4.78 is 0. The Balaban J connectivity index is 1.31.